The van der Waals surface area contributed by atoms with Crippen molar-refractivity contribution >= 4 is 27.3 Å². The Morgan fingerprint density at radius 3 is 2.00 bits per heavy atom. The van der Waals surface area contributed by atoms with Crippen molar-refractivity contribution in [3.8, 4) is 0 Å². The van der Waals surface area contributed by atoms with Gasteiger partial charge in [-0.15, -0.1) is 0 Å². The minimum atomic E-state index is -3.54. The number of nitrogens with one attached hydrogen (secondary N) is 3. The largest absolute Gasteiger partial charge is 0.374 e. The number of carbonyl (C=O) groups excluding carboxylic acids is 1. The van der Waals surface area contributed by atoms with Crippen LogP contribution in [0.2, 0.25) is 0 Å². The van der Waals surface area contributed by atoms with Crippen molar-refractivity contribution in [2.24, 2.45) is 0 Å². The Balaban J connectivity index is 1.98. The molecule has 0 aliphatic heterocycles. The molecule has 0 saturated carbocycles. The molecule has 2 aromatic rings. The van der Waals surface area contributed by atoms with E-state index in [4.69, 9.17) is 0 Å². The third-order valence-corrected chi connectivity index (χ3v) is 5.64. The Morgan fingerprint density at radius 1 is 0.926 bits per heavy atom. The van der Waals surface area contributed by atoms with E-state index in [1.54, 1.807) is 32.9 Å². The maximum absolute atomic E-state index is 12.4. The molecular weight excluding hydrogens is 362 g/mol. The number of aryl methyl sites for hydroxylation is 1. The second-order valence-corrected chi connectivity index (χ2v) is 8.42. The van der Waals surface area contributed by atoms with Gasteiger partial charge in [0.1, 0.15) is 6.04 Å². The van der Waals surface area contributed by atoms with Crippen LogP contribution in [-0.2, 0) is 21.2 Å². The van der Waals surface area contributed by atoms with Crippen LogP contribution in [0.15, 0.2) is 53.4 Å². The lowest BCUT2D eigenvalue weighted by molar-refractivity contribution is -0.116. The summed E-state index contributed by atoms with van der Waals surface area (Å²) in [5, 5.41) is 5.94. The number of anilines is 2. The highest BCUT2D eigenvalue weighted by Crippen LogP contribution is 2.16. The van der Waals surface area contributed by atoms with Crippen LogP contribution in [0.4, 0.5) is 11.4 Å². The van der Waals surface area contributed by atoms with E-state index in [1.165, 1.54) is 17.7 Å². The fraction of sp³-hybridized carbons (Fsp3) is 0.350. The number of hydrogen-bond donors (Lipinski definition) is 3. The zero-order valence-corrected chi connectivity index (χ0v) is 16.9. The molecular formula is C20H27N3O3S. The molecule has 0 heterocycles. The Bertz CT molecular complexity index is 860. The van der Waals surface area contributed by atoms with Crippen molar-refractivity contribution in [3.05, 3.63) is 54.1 Å². The lowest BCUT2D eigenvalue weighted by Crippen LogP contribution is -2.32. The van der Waals surface area contributed by atoms with Gasteiger partial charge >= 0.3 is 0 Å². The van der Waals surface area contributed by atoms with Crippen molar-refractivity contribution in [1.29, 1.82) is 0 Å². The van der Waals surface area contributed by atoms with E-state index < -0.39 is 16.1 Å². The minimum Gasteiger partial charge on any atom is -0.374 e. The molecule has 7 heteroatoms. The van der Waals surface area contributed by atoms with Crippen molar-refractivity contribution < 1.29 is 13.2 Å². The van der Waals surface area contributed by atoms with Crippen molar-refractivity contribution in [3.63, 3.8) is 0 Å². The van der Waals surface area contributed by atoms with E-state index in [-0.39, 0.29) is 16.8 Å². The quantitative estimate of drug-likeness (QED) is 0.646. The summed E-state index contributed by atoms with van der Waals surface area (Å²) in [7, 11) is -3.54. The molecule has 0 spiro atoms. The normalized spacial score (nSPS) is 12.6. The zero-order valence-electron chi connectivity index (χ0n) is 16.1. The van der Waals surface area contributed by atoms with Gasteiger partial charge in [-0.05, 0) is 69.2 Å². The van der Waals surface area contributed by atoms with Crippen LogP contribution in [0.1, 0.15) is 33.3 Å². The van der Waals surface area contributed by atoms with Crippen LogP contribution in [0.3, 0.4) is 0 Å². The molecule has 0 saturated heterocycles. The standard InChI is InChI=1S/C20H27N3O3S/c1-5-16-6-8-17(9-7-16)21-15(4)20(24)22-18-10-12-19(13-11-18)27(25,26)23-14(2)3/h6-15,21,23H,5H2,1-4H3,(H,22,24). The fourth-order valence-electron chi connectivity index (χ4n) is 2.50. The predicted octanol–water partition coefficient (Wildman–Crippen LogP) is 3.37. The Kier molecular flexibility index (Phi) is 6.98. The first-order valence-corrected chi connectivity index (χ1v) is 10.5. The molecule has 146 valence electrons. The van der Waals surface area contributed by atoms with E-state index in [2.05, 4.69) is 22.3 Å². The molecule has 2 aromatic carbocycles. The molecule has 2 rings (SSSR count). The highest BCUT2D eigenvalue weighted by Gasteiger charge is 2.16. The number of rotatable bonds is 8. The Labute approximate surface area is 161 Å². The molecule has 0 aromatic heterocycles. The molecule has 3 N–H and O–H groups in total. The molecule has 0 aliphatic carbocycles. The van der Waals surface area contributed by atoms with Gasteiger partial charge in [0, 0.05) is 17.4 Å². The van der Waals surface area contributed by atoms with Gasteiger partial charge in [-0.3, -0.25) is 4.79 Å². The highest BCUT2D eigenvalue weighted by atomic mass is 32.2. The molecule has 0 fully saturated rings. The average Bonchev–Trinajstić information content (AvgIpc) is 2.61. The van der Waals surface area contributed by atoms with Crippen molar-refractivity contribution in [2.45, 2.75) is 51.1 Å². The lowest BCUT2D eigenvalue weighted by atomic mass is 10.1. The fourth-order valence-corrected chi connectivity index (χ4v) is 3.75. The number of amides is 1. The van der Waals surface area contributed by atoms with E-state index in [1.807, 2.05) is 24.3 Å². The molecule has 1 amide bonds. The SMILES string of the molecule is CCc1ccc(NC(C)C(=O)Nc2ccc(S(=O)(=O)NC(C)C)cc2)cc1. The van der Waals surface area contributed by atoms with E-state index >= 15 is 0 Å². The number of benzene rings is 2. The summed E-state index contributed by atoms with van der Waals surface area (Å²) in [6, 6.07) is 13.4. The number of carbonyl (C=O) groups is 1. The predicted molar refractivity (Wildman–Crippen MR) is 109 cm³/mol. The molecule has 27 heavy (non-hydrogen) atoms. The van der Waals surface area contributed by atoms with Gasteiger partial charge in [-0.25, -0.2) is 13.1 Å². The Hall–Kier alpha value is -2.38. The second kappa shape index (κ2) is 9.01. The molecule has 1 atom stereocenters. The van der Waals surface area contributed by atoms with Gasteiger partial charge in [0.25, 0.3) is 0 Å². The topological polar surface area (TPSA) is 87.3 Å². The van der Waals surface area contributed by atoms with Crippen molar-refractivity contribution in [2.75, 3.05) is 10.6 Å². The van der Waals surface area contributed by atoms with Gasteiger partial charge in [0.15, 0.2) is 0 Å². The van der Waals surface area contributed by atoms with Crippen LogP contribution in [0.5, 0.6) is 0 Å². The van der Waals surface area contributed by atoms with Crippen LogP contribution in [0.25, 0.3) is 0 Å². The summed E-state index contributed by atoms with van der Waals surface area (Å²) in [4.78, 5) is 12.5. The average molecular weight is 390 g/mol. The monoisotopic (exact) mass is 389 g/mol. The summed E-state index contributed by atoms with van der Waals surface area (Å²) in [5.41, 5.74) is 2.65. The maximum atomic E-state index is 12.4. The number of sulfonamides is 1. The minimum absolute atomic E-state index is 0.163. The zero-order chi connectivity index (χ0) is 20.0. The van der Waals surface area contributed by atoms with E-state index in [0.29, 0.717) is 5.69 Å². The summed E-state index contributed by atoms with van der Waals surface area (Å²) in [6.07, 6.45) is 0.967. The van der Waals surface area contributed by atoms with Crippen LogP contribution >= 0.6 is 0 Å². The number of hydrogen-bond acceptors (Lipinski definition) is 4. The summed E-state index contributed by atoms with van der Waals surface area (Å²) in [5.74, 6) is -0.203. The first-order chi connectivity index (χ1) is 12.7. The highest BCUT2D eigenvalue weighted by molar-refractivity contribution is 7.89. The van der Waals surface area contributed by atoms with Gasteiger partial charge in [0.2, 0.25) is 15.9 Å². The maximum Gasteiger partial charge on any atom is 0.246 e. The van der Waals surface area contributed by atoms with Gasteiger partial charge in [0.05, 0.1) is 4.90 Å². The van der Waals surface area contributed by atoms with E-state index in [0.717, 1.165) is 12.1 Å². The van der Waals surface area contributed by atoms with Crippen LogP contribution < -0.4 is 15.4 Å². The second-order valence-electron chi connectivity index (χ2n) is 6.71. The molecule has 0 radical (unpaired) electrons. The summed E-state index contributed by atoms with van der Waals surface area (Å²) < 4.78 is 26.8. The third-order valence-electron chi connectivity index (χ3n) is 3.96. The lowest BCUT2D eigenvalue weighted by Gasteiger charge is -2.16. The van der Waals surface area contributed by atoms with Gasteiger partial charge < -0.3 is 10.6 Å². The summed E-state index contributed by atoms with van der Waals surface area (Å²) in [6.45, 7) is 7.38. The molecule has 0 aliphatic rings. The van der Waals surface area contributed by atoms with Crippen molar-refractivity contribution in [1.82, 2.24) is 4.72 Å². The summed E-state index contributed by atoms with van der Waals surface area (Å²) >= 11 is 0. The first kappa shape index (κ1) is 20.9. The van der Waals surface area contributed by atoms with Gasteiger partial charge in [-0.1, -0.05) is 19.1 Å². The van der Waals surface area contributed by atoms with E-state index in [9.17, 15) is 13.2 Å². The first-order valence-electron chi connectivity index (χ1n) is 9.00. The van der Waals surface area contributed by atoms with Gasteiger partial charge in [-0.2, -0.15) is 0 Å². The third kappa shape index (κ3) is 6.08. The Morgan fingerprint density at radius 2 is 1.48 bits per heavy atom. The molecule has 0 bridgehead atoms. The molecule has 6 nitrogen and oxygen atoms in total. The van der Waals surface area contributed by atoms with Crippen LogP contribution in [0, 0.1) is 0 Å². The smallest absolute Gasteiger partial charge is 0.246 e. The molecule has 1 unspecified atom stereocenters. The van der Waals surface area contributed by atoms with Crippen LogP contribution in [-0.4, -0.2) is 26.4 Å².